The van der Waals surface area contributed by atoms with Gasteiger partial charge in [-0.05, 0) is 37.5 Å². The number of nitrogen functional groups attached to an aromatic ring is 1. The molecule has 1 aromatic carbocycles. The molecule has 1 saturated carbocycles. The summed E-state index contributed by atoms with van der Waals surface area (Å²) in [6.45, 7) is -0.258. The maximum Gasteiger partial charge on any atom is 0.402 e. The van der Waals surface area contributed by atoms with Crippen LogP contribution >= 0.6 is 0 Å². The van der Waals surface area contributed by atoms with E-state index in [4.69, 9.17) is 5.73 Å². The standard InChI is InChI=1S/C12H14F4N2O2S/c1-7-4-9(5-10(17)11(7)13)21(19,20)18(8-2-3-8)6-12(14,15)16/h4-5,8H,2-3,6,17H2,1H3. The Hall–Kier alpha value is -1.35. The molecule has 4 nitrogen and oxygen atoms in total. The highest BCUT2D eigenvalue weighted by molar-refractivity contribution is 7.89. The number of halogens is 4. The van der Waals surface area contributed by atoms with Gasteiger partial charge in [-0.15, -0.1) is 0 Å². The lowest BCUT2D eigenvalue weighted by molar-refractivity contribution is -0.137. The molecule has 1 fully saturated rings. The first-order valence-electron chi connectivity index (χ1n) is 6.16. The normalized spacial score (nSPS) is 16.5. The van der Waals surface area contributed by atoms with Crippen molar-refractivity contribution in [3.8, 4) is 0 Å². The second-order valence-electron chi connectivity index (χ2n) is 5.04. The maximum atomic E-state index is 13.4. The summed E-state index contributed by atoms with van der Waals surface area (Å²) < 4.78 is 76.3. The zero-order valence-electron chi connectivity index (χ0n) is 11.1. The molecule has 9 heteroatoms. The SMILES string of the molecule is Cc1cc(S(=O)(=O)N(CC(F)(F)F)C2CC2)cc(N)c1F. The first-order chi connectivity index (χ1) is 9.52. The number of rotatable bonds is 4. The molecule has 0 radical (unpaired) electrons. The van der Waals surface area contributed by atoms with E-state index in [1.54, 1.807) is 0 Å². The molecular formula is C12H14F4N2O2S. The van der Waals surface area contributed by atoms with Crippen LogP contribution in [0.15, 0.2) is 17.0 Å². The van der Waals surface area contributed by atoms with Crippen molar-refractivity contribution >= 4 is 15.7 Å². The zero-order chi connectivity index (χ0) is 16.0. The van der Waals surface area contributed by atoms with Crippen LogP contribution in [0.2, 0.25) is 0 Å². The van der Waals surface area contributed by atoms with Gasteiger partial charge in [0.15, 0.2) is 0 Å². The highest BCUT2D eigenvalue weighted by Gasteiger charge is 2.44. The average molecular weight is 326 g/mol. The van der Waals surface area contributed by atoms with Gasteiger partial charge in [0.05, 0.1) is 10.6 Å². The summed E-state index contributed by atoms with van der Waals surface area (Å²) >= 11 is 0. The molecule has 0 unspecified atom stereocenters. The molecular weight excluding hydrogens is 312 g/mol. The van der Waals surface area contributed by atoms with Crippen molar-refractivity contribution in [3.63, 3.8) is 0 Å². The van der Waals surface area contributed by atoms with Crippen LogP contribution in [0.25, 0.3) is 0 Å². The van der Waals surface area contributed by atoms with Crippen molar-refractivity contribution in [2.45, 2.75) is 36.9 Å². The fourth-order valence-electron chi connectivity index (χ4n) is 2.00. The Kier molecular flexibility index (Phi) is 3.92. The molecule has 2 N–H and O–H groups in total. The molecule has 0 atom stereocenters. The van der Waals surface area contributed by atoms with E-state index in [1.807, 2.05) is 0 Å². The van der Waals surface area contributed by atoms with Crippen LogP contribution in [0.3, 0.4) is 0 Å². The van der Waals surface area contributed by atoms with Crippen LogP contribution in [0.5, 0.6) is 0 Å². The van der Waals surface area contributed by atoms with Crippen molar-refractivity contribution in [1.29, 1.82) is 0 Å². The van der Waals surface area contributed by atoms with Gasteiger partial charge >= 0.3 is 6.18 Å². The minimum atomic E-state index is -4.64. The summed E-state index contributed by atoms with van der Waals surface area (Å²) in [7, 11) is -4.37. The van der Waals surface area contributed by atoms with Crippen molar-refractivity contribution in [2.75, 3.05) is 12.3 Å². The average Bonchev–Trinajstić information content (AvgIpc) is 3.15. The number of hydrogen-bond donors (Lipinski definition) is 1. The van der Waals surface area contributed by atoms with Crippen molar-refractivity contribution in [3.05, 3.63) is 23.5 Å². The number of alkyl halides is 3. The second-order valence-corrected chi connectivity index (χ2v) is 6.93. The van der Waals surface area contributed by atoms with Gasteiger partial charge < -0.3 is 5.73 Å². The number of nitrogens with two attached hydrogens (primary N) is 1. The Balaban J connectivity index is 2.44. The highest BCUT2D eigenvalue weighted by atomic mass is 32.2. The summed E-state index contributed by atoms with van der Waals surface area (Å²) in [6, 6.07) is 1.18. The molecule has 1 aromatic rings. The highest BCUT2D eigenvalue weighted by Crippen LogP contribution is 2.35. The van der Waals surface area contributed by atoms with E-state index in [9.17, 15) is 26.0 Å². The molecule has 1 aliphatic rings. The molecule has 0 bridgehead atoms. The predicted octanol–water partition coefficient (Wildman–Crippen LogP) is 2.43. The summed E-state index contributed by atoms with van der Waals surface area (Å²) in [5.74, 6) is -0.775. The van der Waals surface area contributed by atoms with Crippen molar-refractivity contribution < 1.29 is 26.0 Å². The first kappa shape index (κ1) is 16.0. The molecule has 0 amide bonds. The van der Waals surface area contributed by atoms with E-state index in [-0.39, 0.29) is 5.56 Å². The quantitative estimate of drug-likeness (QED) is 0.683. The summed E-state index contributed by atoms with van der Waals surface area (Å²) in [6.07, 6.45) is -3.88. The minimum absolute atomic E-state index is 0.0312. The van der Waals surface area contributed by atoms with E-state index < -0.39 is 45.2 Å². The molecule has 118 valence electrons. The number of hydrogen-bond acceptors (Lipinski definition) is 3. The molecule has 0 spiro atoms. The van der Waals surface area contributed by atoms with Gasteiger partial charge in [0.2, 0.25) is 10.0 Å². The van der Waals surface area contributed by atoms with E-state index in [0.717, 1.165) is 12.1 Å². The molecule has 1 aliphatic carbocycles. The van der Waals surface area contributed by atoms with Crippen LogP contribution in [0.1, 0.15) is 18.4 Å². The molecule has 0 aromatic heterocycles. The van der Waals surface area contributed by atoms with E-state index in [0.29, 0.717) is 17.1 Å². The molecule has 0 heterocycles. The third kappa shape index (κ3) is 3.46. The molecule has 0 saturated heterocycles. The van der Waals surface area contributed by atoms with Gasteiger partial charge in [0.25, 0.3) is 0 Å². The van der Waals surface area contributed by atoms with Crippen LogP contribution < -0.4 is 5.73 Å². The lowest BCUT2D eigenvalue weighted by Crippen LogP contribution is -2.40. The van der Waals surface area contributed by atoms with Gasteiger partial charge in [0.1, 0.15) is 12.4 Å². The number of anilines is 1. The topological polar surface area (TPSA) is 63.4 Å². The van der Waals surface area contributed by atoms with Crippen LogP contribution in [0, 0.1) is 12.7 Å². The predicted molar refractivity (Wildman–Crippen MR) is 68.5 cm³/mol. The lowest BCUT2D eigenvalue weighted by Gasteiger charge is -2.23. The van der Waals surface area contributed by atoms with E-state index in [2.05, 4.69) is 0 Å². The Morgan fingerprint density at radius 1 is 1.33 bits per heavy atom. The molecule has 21 heavy (non-hydrogen) atoms. The Morgan fingerprint density at radius 3 is 2.33 bits per heavy atom. The smallest absolute Gasteiger partial charge is 0.396 e. The number of aryl methyl sites for hydroxylation is 1. The third-order valence-electron chi connectivity index (χ3n) is 3.15. The van der Waals surface area contributed by atoms with E-state index in [1.165, 1.54) is 6.92 Å². The van der Waals surface area contributed by atoms with Crippen molar-refractivity contribution in [2.24, 2.45) is 0 Å². The Morgan fingerprint density at radius 2 is 1.90 bits per heavy atom. The monoisotopic (exact) mass is 326 g/mol. The number of nitrogens with zero attached hydrogens (tertiary/aromatic N) is 1. The summed E-state index contributed by atoms with van der Waals surface area (Å²) in [5.41, 5.74) is 4.92. The van der Waals surface area contributed by atoms with Gasteiger partial charge in [-0.25, -0.2) is 12.8 Å². The lowest BCUT2D eigenvalue weighted by atomic mass is 10.2. The summed E-state index contributed by atoms with van der Waals surface area (Å²) in [5, 5.41) is 0. The fourth-order valence-corrected chi connectivity index (χ4v) is 3.79. The molecule has 2 rings (SSSR count). The third-order valence-corrected chi connectivity index (χ3v) is 5.03. The fraction of sp³-hybridized carbons (Fsp3) is 0.500. The Bertz CT molecular complexity index is 631. The Labute approximate surface area is 119 Å². The van der Waals surface area contributed by atoms with Gasteiger partial charge in [-0.1, -0.05) is 0 Å². The zero-order valence-corrected chi connectivity index (χ0v) is 11.9. The maximum absolute atomic E-state index is 13.4. The van der Waals surface area contributed by atoms with E-state index >= 15 is 0 Å². The minimum Gasteiger partial charge on any atom is -0.396 e. The number of benzene rings is 1. The van der Waals surface area contributed by atoms with Gasteiger partial charge in [0, 0.05) is 6.04 Å². The van der Waals surface area contributed by atoms with Gasteiger partial charge in [-0.3, -0.25) is 0 Å². The molecule has 0 aliphatic heterocycles. The number of sulfonamides is 1. The first-order valence-corrected chi connectivity index (χ1v) is 7.60. The van der Waals surface area contributed by atoms with Crippen molar-refractivity contribution in [1.82, 2.24) is 4.31 Å². The van der Waals surface area contributed by atoms with Crippen LogP contribution in [0.4, 0.5) is 23.2 Å². The van der Waals surface area contributed by atoms with Crippen LogP contribution in [-0.4, -0.2) is 31.5 Å². The van der Waals surface area contributed by atoms with Gasteiger partial charge in [-0.2, -0.15) is 17.5 Å². The van der Waals surface area contributed by atoms with Crippen LogP contribution in [-0.2, 0) is 10.0 Å². The summed E-state index contributed by atoms with van der Waals surface area (Å²) in [4.78, 5) is -0.421. The second kappa shape index (κ2) is 5.13. The largest absolute Gasteiger partial charge is 0.402 e.